The summed E-state index contributed by atoms with van der Waals surface area (Å²) in [5.74, 6) is 0.210. The lowest BCUT2D eigenvalue weighted by atomic mass is 10.3. The number of rotatable bonds is 5. The van der Waals surface area contributed by atoms with Crippen LogP contribution in [-0.2, 0) is 19.9 Å². The van der Waals surface area contributed by atoms with Crippen LogP contribution in [0.15, 0.2) is 18.2 Å². The molecule has 23 heavy (non-hydrogen) atoms. The fraction of sp³-hybridized carbons (Fsp3) is 0.333. The van der Waals surface area contributed by atoms with Gasteiger partial charge in [-0.05, 0) is 30.1 Å². The van der Waals surface area contributed by atoms with E-state index in [9.17, 15) is 9.18 Å². The Morgan fingerprint density at radius 2 is 2.26 bits per heavy atom. The van der Waals surface area contributed by atoms with E-state index >= 15 is 0 Å². The fourth-order valence-corrected chi connectivity index (χ4v) is 3.10. The molecule has 0 saturated heterocycles. The first-order chi connectivity index (χ1) is 11.1. The number of nitrogens with zero attached hydrogens (tertiary/aromatic N) is 4. The molecule has 3 rings (SSSR count). The van der Waals surface area contributed by atoms with Crippen LogP contribution in [-0.4, -0.2) is 31.6 Å². The molecule has 0 aliphatic carbocycles. The third-order valence-electron chi connectivity index (χ3n) is 3.69. The van der Waals surface area contributed by atoms with Crippen molar-refractivity contribution in [2.24, 2.45) is 7.05 Å². The van der Waals surface area contributed by atoms with Gasteiger partial charge in [-0.25, -0.2) is 9.37 Å². The van der Waals surface area contributed by atoms with Crippen molar-refractivity contribution in [2.75, 3.05) is 6.54 Å². The van der Waals surface area contributed by atoms with Gasteiger partial charge in [0.05, 0.1) is 11.2 Å². The SMILES string of the molecule is CCc1nnsc1C(=O)NCCc1nc2c(F)cccc2n1C. The van der Waals surface area contributed by atoms with Gasteiger partial charge in [0.25, 0.3) is 5.91 Å². The van der Waals surface area contributed by atoms with Gasteiger partial charge in [-0.2, -0.15) is 0 Å². The number of hydrogen-bond acceptors (Lipinski definition) is 5. The average molecular weight is 333 g/mol. The molecular weight excluding hydrogens is 317 g/mol. The van der Waals surface area contributed by atoms with Gasteiger partial charge in [-0.15, -0.1) is 5.10 Å². The van der Waals surface area contributed by atoms with Crippen LogP contribution in [0.3, 0.4) is 0 Å². The van der Waals surface area contributed by atoms with Gasteiger partial charge in [0.2, 0.25) is 0 Å². The van der Waals surface area contributed by atoms with E-state index in [1.165, 1.54) is 6.07 Å². The molecule has 0 spiro atoms. The molecule has 0 fully saturated rings. The summed E-state index contributed by atoms with van der Waals surface area (Å²) in [5.41, 5.74) is 1.81. The highest BCUT2D eigenvalue weighted by Crippen LogP contribution is 2.18. The second-order valence-corrected chi connectivity index (χ2v) is 5.86. The van der Waals surface area contributed by atoms with Crippen molar-refractivity contribution in [3.05, 3.63) is 40.4 Å². The summed E-state index contributed by atoms with van der Waals surface area (Å²) in [4.78, 5) is 17.0. The van der Waals surface area contributed by atoms with Crippen molar-refractivity contribution < 1.29 is 9.18 Å². The van der Waals surface area contributed by atoms with Crippen molar-refractivity contribution in [1.82, 2.24) is 24.5 Å². The van der Waals surface area contributed by atoms with Crippen molar-refractivity contribution >= 4 is 28.5 Å². The number of carbonyl (C=O) groups excluding carboxylic acids is 1. The highest BCUT2D eigenvalue weighted by atomic mass is 32.1. The Balaban J connectivity index is 1.68. The van der Waals surface area contributed by atoms with E-state index in [0.717, 1.165) is 22.9 Å². The Morgan fingerprint density at radius 1 is 1.43 bits per heavy atom. The first kappa shape index (κ1) is 15.5. The minimum absolute atomic E-state index is 0.179. The summed E-state index contributed by atoms with van der Waals surface area (Å²) in [7, 11) is 1.84. The van der Waals surface area contributed by atoms with Crippen LogP contribution in [0.4, 0.5) is 4.39 Å². The number of hydrogen-bond donors (Lipinski definition) is 1. The number of nitrogens with one attached hydrogen (secondary N) is 1. The van der Waals surface area contributed by atoms with E-state index in [0.29, 0.717) is 35.5 Å². The topological polar surface area (TPSA) is 72.7 Å². The van der Waals surface area contributed by atoms with Crippen molar-refractivity contribution in [3.63, 3.8) is 0 Å². The van der Waals surface area contributed by atoms with E-state index in [-0.39, 0.29) is 11.7 Å². The molecule has 1 aromatic carbocycles. The predicted octanol–water partition coefficient (Wildman–Crippen LogP) is 2.10. The van der Waals surface area contributed by atoms with Crippen LogP contribution in [0.5, 0.6) is 0 Å². The number of aromatic nitrogens is 4. The zero-order chi connectivity index (χ0) is 16.4. The maximum Gasteiger partial charge on any atom is 0.264 e. The summed E-state index contributed by atoms with van der Waals surface area (Å²) < 4.78 is 19.4. The van der Waals surface area contributed by atoms with Crippen molar-refractivity contribution in [1.29, 1.82) is 0 Å². The Labute approximate surface area is 136 Å². The minimum atomic E-state index is -0.336. The number of fused-ring (bicyclic) bond motifs is 1. The summed E-state index contributed by atoms with van der Waals surface area (Å²) in [5, 5.41) is 6.76. The van der Waals surface area contributed by atoms with Crippen LogP contribution >= 0.6 is 11.5 Å². The standard InChI is InChI=1S/C15H16FN5OS/c1-3-10-14(23-20-19-10)15(22)17-8-7-12-18-13-9(16)5-4-6-11(13)21(12)2/h4-6H,3,7-8H2,1-2H3,(H,17,22). The van der Waals surface area contributed by atoms with Crippen molar-refractivity contribution in [3.8, 4) is 0 Å². The van der Waals surface area contributed by atoms with E-state index in [4.69, 9.17) is 0 Å². The Morgan fingerprint density at radius 3 is 3.00 bits per heavy atom. The monoisotopic (exact) mass is 333 g/mol. The molecule has 120 valence electrons. The summed E-state index contributed by atoms with van der Waals surface area (Å²) in [6, 6.07) is 4.88. The third kappa shape index (κ3) is 2.94. The zero-order valence-corrected chi connectivity index (χ0v) is 13.7. The quantitative estimate of drug-likeness (QED) is 0.776. The molecule has 0 radical (unpaired) electrons. The minimum Gasteiger partial charge on any atom is -0.351 e. The highest BCUT2D eigenvalue weighted by Gasteiger charge is 2.15. The van der Waals surface area contributed by atoms with Gasteiger partial charge in [0.15, 0.2) is 5.82 Å². The van der Waals surface area contributed by atoms with Crippen LogP contribution < -0.4 is 5.32 Å². The lowest BCUT2D eigenvalue weighted by Crippen LogP contribution is -2.26. The molecule has 0 bridgehead atoms. The zero-order valence-electron chi connectivity index (χ0n) is 12.8. The highest BCUT2D eigenvalue weighted by molar-refractivity contribution is 7.08. The molecular formula is C15H16FN5OS. The maximum absolute atomic E-state index is 13.7. The van der Waals surface area contributed by atoms with Crippen LogP contribution in [0.25, 0.3) is 11.0 Å². The molecule has 0 aliphatic rings. The number of carbonyl (C=O) groups is 1. The van der Waals surface area contributed by atoms with Gasteiger partial charge in [-0.3, -0.25) is 4.79 Å². The van der Waals surface area contributed by atoms with E-state index in [1.807, 2.05) is 24.6 Å². The van der Waals surface area contributed by atoms with Crippen LogP contribution in [0.2, 0.25) is 0 Å². The van der Waals surface area contributed by atoms with Gasteiger partial charge < -0.3 is 9.88 Å². The molecule has 1 amide bonds. The number of para-hydroxylation sites is 1. The first-order valence-electron chi connectivity index (χ1n) is 7.31. The number of benzene rings is 1. The molecule has 0 unspecified atom stereocenters. The lowest BCUT2D eigenvalue weighted by molar-refractivity contribution is 0.0957. The van der Waals surface area contributed by atoms with Gasteiger partial charge in [0, 0.05) is 20.0 Å². The summed E-state index contributed by atoms with van der Waals surface area (Å²) in [6.45, 7) is 2.35. The fourth-order valence-electron chi connectivity index (χ4n) is 2.43. The Bertz CT molecular complexity index is 857. The molecule has 8 heteroatoms. The third-order valence-corrected chi connectivity index (χ3v) is 4.45. The number of amides is 1. The van der Waals surface area contributed by atoms with E-state index in [1.54, 1.807) is 6.07 Å². The van der Waals surface area contributed by atoms with Gasteiger partial charge >= 0.3 is 0 Å². The smallest absolute Gasteiger partial charge is 0.264 e. The van der Waals surface area contributed by atoms with Crippen LogP contribution in [0.1, 0.15) is 28.1 Å². The normalized spacial score (nSPS) is 11.1. The Kier molecular flexibility index (Phi) is 4.33. The van der Waals surface area contributed by atoms with Crippen LogP contribution in [0, 0.1) is 5.82 Å². The molecule has 0 aliphatic heterocycles. The molecule has 3 aromatic rings. The Hall–Kier alpha value is -2.35. The first-order valence-corrected chi connectivity index (χ1v) is 8.08. The molecule has 2 heterocycles. The van der Waals surface area contributed by atoms with E-state index in [2.05, 4.69) is 19.9 Å². The molecule has 6 nitrogen and oxygen atoms in total. The number of imidazole rings is 1. The molecule has 2 aromatic heterocycles. The van der Waals surface area contributed by atoms with Gasteiger partial charge in [0.1, 0.15) is 16.2 Å². The second kappa shape index (κ2) is 6.41. The lowest BCUT2D eigenvalue weighted by Gasteiger charge is -2.05. The summed E-state index contributed by atoms with van der Waals surface area (Å²) in [6.07, 6.45) is 1.19. The second-order valence-electron chi connectivity index (χ2n) is 5.10. The number of aryl methyl sites for hydroxylation is 2. The van der Waals surface area contributed by atoms with Crippen molar-refractivity contribution in [2.45, 2.75) is 19.8 Å². The van der Waals surface area contributed by atoms with E-state index < -0.39 is 0 Å². The molecule has 1 N–H and O–H groups in total. The average Bonchev–Trinajstić information content (AvgIpc) is 3.14. The molecule has 0 atom stereocenters. The number of halogens is 1. The van der Waals surface area contributed by atoms with Gasteiger partial charge in [-0.1, -0.05) is 17.5 Å². The maximum atomic E-state index is 13.7. The molecule has 0 saturated carbocycles. The largest absolute Gasteiger partial charge is 0.351 e. The predicted molar refractivity (Wildman–Crippen MR) is 86.0 cm³/mol. The summed E-state index contributed by atoms with van der Waals surface area (Å²) >= 11 is 1.09.